The third-order valence-electron chi connectivity index (χ3n) is 5.92. The van der Waals surface area contributed by atoms with Gasteiger partial charge in [-0.05, 0) is 77.7 Å². The first kappa shape index (κ1) is 26.0. The Kier molecular flexibility index (Phi) is 8.81. The first-order chi connectivity index (χ1) is 17.4. The van der Waals surface area contributed by atoms with Crippen LogP contribution in [0.3, 0.4) is 0 Å². The van der Waals surface area contributed by atoms with E-state index in [0.717, 1.165) is 16.7 Å². The number of aliphatic carboxylic acids is 1. The maximum atomic E-state index is 12.8. The number of ether oxygens (including phenoxy) is 1. The summed E-state index contributed by atoms with van der Waals surface area (Å²) in [5, 5.41) is 12.7. The SMILES string of the molecule is O=C(c1cccs1)c1cc(Cl)ccc1OCCC(CCc1ccc(-c2ccc(Cl)cc2)cc1)C(=O)O. The molecule has 1 heterocycles. The van der Waals surface area contributed by atoms with Crippen molar-refractivity contribution in [3.8, 4) is 16.9 Å². The molecule has 0 saturated carbocycles. The number of ketones is 1. The summed E-state index contributed by atoms with van der Waals surface area (Å²) in [6.45, 7) is 0.179. The molecule has 184 valence electrons. The minimum Gasteiger partial charge on any atom is -0.493 e. The number of thiophene rings is 1. The van der Waals surface area contributed by atoms with Crippen molar-refractivity contribution in [3.05, 3.63) is 110 Å². The number of hydrogen-bond acceptors (Lipinski definition) is 4. The van der Waals surface area contributed by atoms with Crippen molar-refractivity contribution in [1.29, 1.82) is 0 Å². The van der Waals surface area contributed by atoms with Gasteiger partial charge in [0.05, 0.1) is 23.0 Å². The van der Waals surface area contributed by atoms with E-state index < -0.39 is 11.9 Å². The predicted octanol–water partition coefficient (Wildman–Crippen LogP) is 8.06. The van der Waals surface area contributed by atoms with Gasteiger partial charge in [0.15, 0.2) is 0 Å². The summed E-state index contributed by atoms with van der Waals surface area (Å²) in [6.07, 6.45) is 1.45. The second kappa shape index (κ2) is 12.2. The smallest absolute Gasteiger partial charge is 0.306 e. The van der Waals surface area contributed by atoms with Gasteiger partial charge in [-0.3, -0.25) is 9.59 Å². The average molecular weight is 539 g/mol. The largest absolute Gasteiger partial charge is 0.493 e. The fourth-order valence-electron chi connectivity index (χ4n) is 3.90. The molecular weight excluding hydrogens is 515 g/mol. The molecule has 4 nitrogen and oxygen atoms in total. The highest BCUT2D eigenvalue weighted by molar-refractivity contribution is 7.12. The van der Waals surface area contributed by atoms with E-state index in [1.54, 1.807) is 24.3 Å². The van der Waals surface area contributed by atoms with E-state index in [2.05, 4.69) is 0 Å². The van der Waals surface area contributed by atoms with E-state index in [1.165, 1.54) is 11.3 Å². The van der Waals surface area contributed by atoms with Gasteiger partial charge in [0.1, 0.15) is 5.75 Å². The summed E-state index contributed by atoms with van der Waals surface area (Å²) in [5.74, 6) is -1.19. The number of aryl methyl sites for hydroxylation is 1. The highest BCUT2D eigenvalue weighted by Gasteiger charge is 2.20. The number of halogens is 2. The zero-order valence-corrected chi connectivity index (χ0v) is 21.7. The summed E-state index contributed by atoms with van der Waals surface area (Å²) in [7, 11) is 0. The van der Waals surface area contributed by atoms with Gasteiger partial charge in [-0.1, -0.05) is 65.7 Å². The molecule has 0 aliphatic heterocycles. The second-order valence-electron chi connectivity index (χ2n) is 8.36. The molecule has 1 aromatic heterocycles. The van der Waals surface area contributed by atoms with Crippen molar-refractivity contribution in [2.45, 2.75) is 19.3 Å². The summed E-state index contributed by atoms with van der Waals surface area (Å²) in [6, 6.07) is 24.2. The van der Waals surface area contributed by atoms with E-state index in [1.807, 2.05) is 60.0 Å². The number of carboxylic acids is 1. The topological polar surface area (TPSA) is 63.6 Å². The monoisotopic (exact) mass is 538 g/mol. The molecular formula is C29H24Cl2O4S. The summed E-state index contributed by atoms with van der Waals surface area (Å²) in [4.78, 5) is 25.3. The zero-order valence-electron chi connectivity index (χ0n) is 19.3. The van der Waals surface area contributed by atoms with Crippen LogP contribution in [0.15, 0.2) is 84.2 Å². The minimum absolute atomic E-state index is 0.167. The van der Waals surface area contributed by atoms with Gasteiger partial charge in [0.2, 0.25) is 5.78 Å². The van der Waals surface area contributed by atoms with Crippen molar-refractivity contribution >= 4 is 46.3 Å². The van der Waals surface area contributed by atoms with Gasteiger partial charge >= 0.3 is 5.97 Å². The third kappa shape index (κ3) is 6.76. The molecule has 3 aromatic carbocycles. The maximum Gasteiger partial charge on any atom is 0.306 e. The van der Waals surface area contributed by atoms with E-state index in [0.29, 0.717) is 45.5 Å². The number of carbonyl (C=O) groups excluding carboxylic acids is 1. The fraction of sp³-hybridized carbons (Fsp3) is 0.172. The summed E-state index contributed by atoms with van der Waals surface area (Å²) < 4.78 is 5.87. The Morgan fingerprint density at radius 1 is 0.861 bits per heavy atom. The van der Waals surface area contributed by atoms with Crippen molar-refractivity contribution in [3.63, 3.8) is 0 Å². The van der Waals surface area contributed by atoms with Crippen LogP contribution in [-0.4, -0.2) is 23.5 Å². The molecule has 0 radical (unpaired) electrons. The minimum atomic E-state index is -0.859. The van der Waals surface area contributed by atoms with Crippen LogP contribution < -0.4 is 4.74 Å². The normalized spacial score (nSPS) is 11.7. The van der Waals surface area contributed by atoms with Crippen LogP contribution in [0.5, 0.6) is 5.75 Å². The van der Waals surface area contributed by atoms with Gasteiger partial charge in [0, 0.05) is 10.0 Å². The number of hydrogen-bond donors (Lipinski definition) is 1. The van der Waals surface area contributed by atoms with Crippen molar-refractivity contribution in [2.75, 3.05) is 6.61 Å². The highest BCUT2D eigenvalue weighted by Crippen LogP contribution is 2.28. The Morgan fingerprint density at radius 3 is 2.17 bits per heavy atom. The Bertz CT molecular complexity index is 1320. The van der Waals surface area contributed by atoms with Gasteiger partial charge in [-0.2, -0.15) is 0 Å². The van der Waals surface area contributed by atoms with Gasteiger partial charge < -0.3 is 9.84 Å². The molecule has 0 amide bonds. The quantitative estimate of drug-likeness (QED) is 0.196. The molecule has 36 heavy (non-hydrogen) atoms. The molecule has 4 aromatic rings. The molecule has 4 rings (SSSR count). The maximum absolute atomic E-state index is 12.8. The van der Waals surface area contributed by atoms with Crippen LogP contribution in [-0.2, 0) is 11.2 Å². The lowest BCUT2D eigenvalue weighted by molar-refractivity contribution is -0.142. The van der Waals surface area contributed by atoms with Crippen LogP contribution in [0.2, 0.25) is 10.0 Å². The number of rotatable bonds is 11. The summed E-state index contributed by atoms with van der Waals surface area (Å²) >= 11 is 13.4. The van der Waals surface area contributed by atoms with Crippen LogP contribution in [0.25, 0.3) is 11.1 Å². The molecule has 0 saturated heterocycles. The van der Waals surface area contributed by atoms with Crippen LogP contribution in [0.4, 0.5) is 0 Å². The average Bonchev–Trinajstić information content (AvgIpc) is 3.42. The molecule has 0 aliphatic carbocycles. The lowest BCUT2D eigenvalue weighted by atomic mass is 9.95. The first-order valence-corrected chi connectivity index (χ1v) is 13.1. The molecule has 0 fully saturated rings. The van der Waals surface area contributed by atoms with Crippen LogP contribution >= 0.6 is 34.5 Å². The predicted molar refractivity (Wildman–Crippen MR) is 146 cm³/mol. The fourth-order valence-corrected chi connectivity index (χ4v) is 4.87. The van der Waals surface area contributed by atoms with Crippen LogP contribution in [0.1, 0.15) is 33.6 Å². The Balaban J connectivity index is 1.34. The van der Waals surface area contributed by atoms with Gasteiger partial charge in [0.25, 0.3) is 0 Å². The van der Waals surface area contributed by atoms with E-state index in [9.17, 15) is 14.7 Å². The zero-order chi connectivity index (χ0) is 25.5. The molecule has 1 N–H and O–H groups in total. The molecule has 1 atom stereocenters. The third-order valence-corrected chi connectivity index (χ3v) is 7.27. The first-order valence-electron chi connectivity index (χ1n) is 11.5. The lowest BCUT2D eigenvalue weighted by Gasteiger charge is -2.15. The molecule has 0 spiro atoms. The van der Waals surface area contributed by atoms with Crippen molar-refractivity contribution in [2.24, 2.45) is 5.92 Å². The number of carbonyl (C=O) groups is 2. The standard InChI is InChI=1S/C29H24Cl2O4S/c30-23-11-9-21(10-12-23)20-6-3-19(4-7-20)5-8-22(29(33)34)15-16-35-26-14-13-24(31)18-25(26)28(32)27-2-1-17-36-27/h1-4,6-7,9-14,17-18,22H,5,8,15-16H2,(H,33,34). The molecule has 0 aliphatic rings. The van der Waals surface area contributed by atoms with Crippen molar-refractivity contribution in [1.82, 2.24) is 0 Å². The number of carboxylic acid groups (broad SMARTS) is 1. The second-order valence-corrected chi connectivity index (χ2v) is 10.2. The molecule has 7 heteroatoms. The Labute approximate surface area is 224 Å². The van der Waals surface area contributed by atoms with Gasteiger partial charge in [-0.15, -0.1) is 11.3 Å². The van der Waals surface area contributed by atoms with Crippen LogP contribution in [0, 0.1) is 5.92 Å². The van der Waals surface area contributed by atoms with E-state index in [-0.39, 0.29) is 12.4 Å². The highest BCUT2D eigenvalue weighted by atomic mass is 35.5. The van der Waals surface area contributed by atoms with Crippen molar-refractivity contribution < 1.29 is 19.4 Å². The molecule has 0 bridgehead atoms. The van der Waals surface area contributed by atoms with E-state index in [4.69, 9.17) is 27.9 Å². The Morgan fingerprint density at radius 2 is 1.53 bits per heavy atom. The lowest BCUT2D eigenvalue weighted by Crippen LogP contribution is -2.18. The Hall–Kier alpha value is -3.12. The van der Waals surface area contributed by atoms with E-state index >= 15 is 0 Å². The summed E-state index contributed by atoms with van der Waals surface area (Å²) in [5.41, 5.74) is 3.60. The molecule has 1 unspecified atom stereocenters. The number of benzene rings is 3. The van der Waals surface area contributed by atoms with Gasteiger partial charge in [-0.25, -0.2) is 0 Å².